The Morgan fingerprint density at radius 2 is 2.33 bits per heavy atom. The van der Waals surface area contributed by atoms with E-state index < -0.39 is 0 Å². The minimum absolute atomic E-state index is 0.0757. The SMILES string of the molecule is CO[C@H]1CCN(C(=O)Cn2ccnc2)C[C@H]1Cc1cccc(F)c1. The van der Waals surface area contributed by atoms with E-state index in [1.54, 1.807) is 42.5 Å². The van der Waals surface area contributed by atoms with Crippen molar-refractivity contribution in [1.82, 2.24) is 14.5 Å². The first-order valence-corrected chi connectivity index (χ1v) is 8.16. The van der Waals surface area contributed by atoms with Gasteiger partial charge in [0.25, 0.3) is 0 Å². The fourth-order valence-electron chi connectivity index (χ4n) is 3.35. The van der Waals surface area contributed by atoms with Gasteiger partial charge in [-0.3, -0.25) is 4.79 Å². The maximum absolute atomic E-state index is 13.4. The molecule has 24 heavy (non-hydrogen) atoms. The third kappa shape index (κ3) is 4.00. The van der Waals surface area contributed by atoms with Crippen molar-refractivity contribution in [2.75, 3.05) is 20.2 Å². The molecular formula is C18H22FN3O2. The van der Waals surface area contributed by atoms with Gasteiger partial charge in [-0.15, -0.1) is 0 Å². The van der Waals surface area contributed by atoms with Crippen molar-refractivity contribution in [3.05, 3.63) is 54.4 Å². The van der Waals surface area contributed by atoms with Crippen molar-refractivity contribution >= 4 is 5.91 Å². The van der Waals surface area contributed by atoms with Crippen LogP contribution in [0.3, 0.4) is 0 Å². The highest BCUT2D eigenvalue weighted by Gasteiger charge is 2.31. The molecular weight excluding hydrogens is 309 g/mol. The van der Waals surface area contributed by atoms with Gasteiger partial charge in [-0.25, -0.2) is 9.37 Å². The lowest BCUT2D eigenvalue weighted by Gasteiger charge is -2.38. The summed E-state index contributed by atoms with van der Waals surface area (Å²) in [5.41, 5.74) is 0.936. The molecule has 1 aromatic heterocycles. The van der Waals surface area contributed by atoms with Crippen LogP contribution in [0.4, 0.5) is 4.39 Å². The Kier molecular flexibility index (Phi) is 5.25. The predicted octanol–water partition coefficient (Wildman–Crippen LogP) is 2.13. The van der Waals surface area contributed by atoms with Crippen LogP contribution in [-0.4, -0.2) is 46.7 Å². The molecule has 0 N–H and O–H groups in total. The number of nitrogens with zero attached hydrogens (tertiary/aromatic N) is 3. The van der Waals surface area contributed by atoms with Gasteiger partial charge < -0.3 is 14.2 Å². The smallest absolute Gasteiger partial charge is 0.242 e. The van der Waals surface area contributed by atoms with Crippen molar-refractivity contribution in [3.63, 3.8) is 0 Å². The lowest BCUT2D eigenvalue weighted by molar-refractivity contribution is -0.136. The summed E-state index contributed by atoms with van der Waals surface area (Å²) in [6.07, 6.45) is 6.67. The van der Waals surface area contributed by atoms with Crippen molar-refractivity contribution < 1.29 is 13.9 Å². The minimum Gasteiger partial charge on any atom is -0.381 e. The molecule has 6 heteroatoms. The zero-order valence-electron chi connectivity index (χ0n) is 13.8. The molecule has 1 saturated heterocycles. The van der Waals surface area contributed by atoms with Crippen LogP contribution in [0.1, 0.15) is 12.0 Å². The zero-order valence-corrected chi connectivity index (χ0v) is 13.8. The number of carbonyl (C=O) groups excluding carboxylic acids is 1. The topological polar surface area (TPSA) is 47.4 Å². The summed E-state index contributed by atoms with van der Waals surface area (Å²) in [6, 6.07) is 6.64. The monoisotopic (exact) mass is 331 g/mol. The molecule has 0 spiro atoms. The molecule has 1 aliphatic rings. The van der Waals surface area contributed by atoms with Gasteiger partial charge in [0.1, 0.15) is 12.4 Å². The van der Waals surface area contributed by atoms with Gasteiger partial charge in [-0.05, 0) is 30.5 Å². The number of benzene rings is 1. The Labute approximate surface area is 141 Å². The number of amides is 1. The molecule has 0 saturated carbocycles. The summed E-state index contributed by atoms with van der Waals surface area (Å²) in [5, 5.41) is 0. The van der Waals surface area contributed by atoms with Crippen LogP contribution in [0, 0.1) is 11.7 Å². The number of halogens is 1. The first-order valence-electron chi connectivity index (χ1n) is 8.16. The predicted molar refractivity (Wildman–Crippen MR) is 87.8 cm³/mol. The average Bonchev–Trinajstić information content (AvgIpc) is 3.08. The van der Waals surface area contributed by atoms with Gasteiger partial charge >= 0.3 is 0 Å². The van der Waals surface area contributed by atoms with Crippen LogP contribution in [0.15, 0.2) is 43.0 Å². The van der Waals surface area contributed by atoms with Crippen LogP contribution in [0.2, 0.25) is 0 Å². The standard InChI is InChI=1S/C18H22FN3O2/c1-24-17-5-7-22(18(23)12-21-8-6-20-13-21)11-15(17)9-14-3-2-4-16(19)10-14/h2-4,6,8,10,13,15,17H,5,7,9,11-12H2,1H3/t15-,17+/m1/s1. The molecule has 1 aliphatic heterocycles. The first-order chi connectivity index (χ1) is 11.7. The summed E-state index contributed by atoms with van der Waals surface area (Å²) in [7, 11) is 1.70. The van der Waals surface area contributed by atoms with E-state index in [2.05, 4.69) is 4.98 Å². The minimum atomic E-state index is -0.231. The number of ether oxygens (including phenoxy) is 1. The lowest BCUT2D eigenvalue weighted by Crippen LogP contribution is -2.48. The van der Waals surface area contributed by atoms with Crippen molar-refractivity contribution in [1.29, 1.82) is 0 Å². The first kappa shape index (κ1) is 16.6. The van der Waals surface area contributed by atoms with E-state index in [1.807, 2.05) is 11.0 Å². The number of imidazole rings is 1. The molecule has 1 fully saturated rings. The second-order valence-electron chi connectivity index (χ2n) is 6.23. The van der Waals surface area contributed by atoms with E-state index in [0.717, 1.165) is 12.0 Å². The second kappa shape index (κ2) is 7.57. The number of hydrogen-bond acceptors (Lipinski definition) is 3. The number of likely N-dealkylation sites (tertiary alicyclic amines) is 1. The summed E-state index contributed by atoms with van der Waals surface area (Å²) in [4.78, 5) is 18.3. The molecule has 2 aromatic rings. The van der Waals surface area contributed by atoms with Crippen LogP contribution >= 0.6 is 0 Å². The number of piperidine rings is 1. The highest BCUT2D eigenvalue weighted by atomic mass is 19.1. The molecule has 2 atom stereocenters. The Morgan fingerprint density at radius 1 is 1.46 bits per heavy atom. The normalized spacial score (nSPS) is 21.0. The van der Waals surface area contributed by atoms with Gasteiger partial charge in [0, 0.05) is 38.5 Å². The van der Waals surface area contributed by atoms with E-state index >= 15 is 0 Å². The summed E-state index contributed by atoms with van der Waals surface area (Å²) in [6.45, 7) is 1.61. The molecule has 128 valence electrons. The van der Waals surface area contributed by atoms with Crippen molar-refractivity contribution in [3.8, 4) is 0 Å². The summed E-state index contributed by atoms with van der Waals surface area (Å²) < 4.78 is 20.8. The molecule has 1 aromatic carbocycles. The molecule has 3 rings (SSSR count). The Balaban J connectivity index is 1.66. The highest BCUT2D eigenvalue weighted by Crippen LogP contribution is 2.24. The zero-order chi connectivity index (χ0) is 16.9. The molecule has 1 amide bonds. The molecule has 0 unspecified atom stereocenters. The van der Waals surface area contributed by atoms with Crippen LogP contribution in [0.5, 0.6) is 0 Å². The van der Waals surface area contributed by atoms with Gasteiger partial charge in [0.05, 0.1) is 12.4 Å². The fourth-order valence-corrected chi connectivity index (χ4v) is 3.35. The molecule has 0 bridgehead atoms. The number of hydrogen-bond donors (Lipinski definition) is 0. The van der Waals surface area contributed by atoms with E-state index in [4.69, 9.17) is 4.74 Å². The van der Waals surface area contributed by atoms with Crippen molar-refractivity contribution in [2.45, 2.75) is 25.5 Å². The van der Waals surface area contributed by atoms with E-state index in [9.17, 15) is 9.18 Å². The van der Waals surface area contributed by atoms with E-state index in [-0.39, 0.29) is 23.7 Å². The third-order valence-corrected chi connectivity index (χ3v) is 4.58. The van der Waals surface area contributed by atoms with E-state index in [1.165, 1.54) is 6.07 Å². The lowest BCUT2D eigenvalue weighted by atomic mass is 9.88. The number of carbonyl (C=O) groups is 1. The maximum atomic E-state index is 13.4. The molecule has 0 radical (unpaired) electrons. The number of aromatic nitrogens is 2. The van der Waals surface area contributed by atoms with Gasteiger partial charge in [-0.1, -0.05) is 12.1 Å². The summed E-state index contributed by atoms with van der Waals surface area (Å²) in [5.74, 6) is 0.00870. The molecule has 0 aliphatic carbocycles. The number of rotatable bonds is 5. The average molecular weight is 331 g/mol. The summed E-state index contributed by atoms with van der Waals surface area (Å²) >= 11 is 0. The largest absolute Gasteiger partial charge is 0.381 e. The third-order valence-electron chi connectivity index (χ3n) is 4.58. The second-order valence-corrected chi connectivity index (χ2v) is 6.23. The maximum Gasteiger partial charge on any atom is 0.242 e. The molecule has 2 heterocycles. The van der Waals surface area contributed by atoms with Crippen LogP contribution < -0.4 is 0 Å². The number of methoxy groups -OCH3 is 1. The van der Waals surface area contributed by atoms with Crippen molar-refractivity contribution in [2.24, 2.45) is 5.92 Å². The van der Waals surface area contributed by atoms with Gasteiger partial charge in [0.2, 0.25) is 5.91 Å². The highest BCUT2D eigenvalue weighted by molar-refractivity contribution is 5.76. The van der Waals surface area contributed by atoms with E-state index in [0.29, 0.717) is 26.1 Å². The van der Waals surface area contributed by atoms with Crippen LogP contribution in [-0.2, 0) is 22.5 Å². The Hall–Kier alpha value is -2.21. The van der Waals surface area contributed by atoms with Gasteiger partial charge in [-0.2, -0.15) is 0 Å². The van der Waals surface area contributed by atoms with Crippen LogP contribution in [0.25, 0.3) is 0 Å². The molecule has 5 nitrogen and oxygen atoms in total. The Morgan fingerprint density at radius 3 is 3.04 bits per heavy atom. The quantitative estimate of drug-likeness (QED) is 0.843. The van der Waals surface area contributed by atoms with Gasteiger partial charge in [0.15, 0.2) is 0 Å². The Bertz CT molecular complexity index is 675. The fraction of sp³-hybridized carbons (Fsp3) is 0.444.